The number of halogens is 1. The first kappa shape index (κ1) is 13.9. The van der Waals surface area contributed by atoms with E-state index in [0.29, 0.717) is 11.4 Å². The van der Waals surface area contributed by atoms with Crippen molar-refractivity contribution in [1.29, 1.82) is 0 Å². The van der Waals surface area contributed by atoms with Crippen molar-refractivity contribution in [3.05, 3.63) is 58.9 Å². The van der Waals surface area contributed by atoms with E-state index >= 15 is 0 Å². The Morgan fingerprint density at radius 2 is 1.95 bits per heavy atom. The fourth-order valence-electron chi connectivity index (χ4n) is 2.55. The maximum Gasteiger partial charge on any atom is 0.126 e. The van der Waals surface area contributed by atoms with E-state index in [1.807, 2.05) is 41.9 Å². The molecule has 21 heavy (non-hydrogen) atoms. The lowest BCUT2D eigenvalue weighted by Crippen LogP contribution is -2.17. The van der Waals surface area contributed by atoms with Crippen molar-refractivity contribution < 1.29 is 5.11 Å². The third-order valence-corrected chi connectivity index (χ3v) is 3.91. The number of nitrogens with zero attached hydrogens (tertiary/aromatic N) is 2. The topological polar surface area (TPSA) is 64.1 Å². The molecule has 2 aromatic carbocycles. The predicted octanol–water partition coefficient (Wildman–Crippen LogP) is 3.17. The van der Waals surface area contributed by atoms with E-state index in [1.54, 1.807) is 12.1 Å². The van der Waals surface area contributed by atoms with Gasteiger partial charge in [0.1, 0.15) is 11.6 Å². The lowest BCUT2D eigenvalue weighted by molar-refractivity contribution is 0.475. The van der Waals surface area contributed by atoms with Crippen LogP contribution in [0.4, 0.5) is 0 Å². The van der Waals surface area contributed by atoms with Crippen LogP contribution in [0.1, 0.15) is 17.4 Å². The van der Waals surface area contributed by atoms with E-state index in [9.17, 15) is 5.11 Å². The summed E-state index contributed by atoms with van der Waals surface area (Å²) in [7, 11) is 1.92. The zero-order chi connectivity index (χ0) is 15.0. The predicted molar refractivity (Wildman–Crippen MR) is 84.5 cm³/mol. The summed E-state index contributed by atoms with van der Waals surface area (Å²) in [4.78, 5) is 4.59. The Morgan fingerprint density at radius 3 is 2.62 bits per heavy atom. The molecule has 108 valence electrons. The van der Waals surface area contributed by atoms with E-state index < -0.39 is 0 Å². The number of para-hydroxylation sites is 1. The molecule has 0 fully saturated rings. The van der Waals surface area contributed by atoms with Gasteiger partial charge in [0.25, 0.3) is 0 Å². The molecular weight excluding hydrogens is 286 g/mol. The van der Waals surface area contributed by atoms with Gasteiger partial charge in [0.05, 0.1) is 22.1 Å². The largest absolute Gasteiger partial charge is 0.508 e. The molecule has 0 saturated heterocycles. The van der Waals surface area contributed by atoms with Crippen LogP contribution < -0.4 is 5.73 Å². The van der Waals surface area contributed by atoms with Crippen molar-refractivity contribution >= 4 is 22.6 Å². The number of imidazole rings is 1. The number of hydrogen-bond donors (Lipinski definition) is 2. The highest BCUT2D eigenvalue weighted by molar-refractivity contribution is 6.35. The van der Waals surface area contributed by atoms with Gasteiger partial charge in [0.2, 0.25) is 0 Å². The molecule has 0 aliphatic carbocycles. The van der Waals surface area contributed by atoms with Gasteiger partial charge in [0, 0.05) is 7.05 Å². The van der Waals surface area contributed by atoms with Crippen LogP contribution in [0.25, 0.3) is 11.0 Å². The van der Waals surface area contributed by atoms with Gasteiger partial charge in [-0.3, -0.25) is 0 Å². The summed E-state index contributed by atoms with van der Waals surface area (Å²) >= 11 is 6.23. The standard InChI is InChI=1S/C16H16ClN3O/c1-20-15-12(17)3-2-4-14(15)19-16(20)13(18)9-10-5-7-11(21)8-6-10/h2-8,13,21H,9,18H2,1H3. The van der Waals surface area contributed by atoms with Crippen LogP contribution >= 0.6 is 11.6 Å². The van der Waals surface area contributed by atoms with Crippen molar-refractivity contribution in [3.8, 4) is 5.75 Å². The molecule has 3 rings (SSSR count). The zero-order valence-corrected chi connectivity index (χ0v) is 12.4. The number of aromatic nitrogens is 2. The minimum absolute atomic E-state index is 0.233. The van der Waals surface area contributed by atoms with Gasteiger partial charge in [-0.25, -0.2) is 4.98 Å². The van der Waals surface area contributed by atoms with Crippen LogP contribution in [-0.4, -0.2) is 14.7 Å². The third-order valence-electron chi connectivity index (χ3n) is 3.60. The van der Waals surface area contributed by atoms with E-state index in [-0.39, 0.29) is 11.8 Å². The highest BCUT2D eigenvalue weighted by atomic mass is 35.5. The van der Waals surface area contributed by atoms with Crippen molar-refractivity contribution in [1.82, 2.24) is 9.55 Å². The SMILES string of the molecule is Cn1c(C(N)Cc2ccc(O)cc2)nc2cccc(Cl)c21. The Bertz CT molecular complexity index is 780. The number of benzene rings is 2. The molecular formula is C16H16ClN3O. The van der Waals surface area contributed by atoms with Crippen molar-refractivity contribution in [2.45, 2.75) is 12.5 Å². The molecule has 0 bridgehead atoms. The van der Waals surface area contributed by atoms with E-state index in [1.165, 1.54) is 0 Å². The number of hydrogen-bond acceptors (Lipinski definition) is 3. The number of phenolic OH excluding ortho intramolecular Hbond substituents is 1. The number of fused-ring (bicyclic) bond motifs is 1. The van der Waals surface area contributed by atoms with E-state index in [2.05, 4.69) is 4.98 Å². The number of rotatable bonds is 3. The van der Waals surface area contributed by atoms with Crippen LogP contribution in [0.15, 0.2) is 42.5 Å². The molecule has 3 aromatic rings. The monoisotopic (exact) mass is 301 g/mol. The quantitative estimate of drug-likeness (QED) is 0.781. The van der Waals surface area contributed by atoms with Crippen LogP contribution in [0.2, 0.25) is 5.02 Å². The summed E-state index contributed by atoms with van der Waals surface area (Å²) in [5, 5.41) is 9.99. The highest BCUT2D eigenvalue weighted by Crippen LogP contribution is 2.26. The molecule has 1 atom stereocenters. The van der Waals surface area contributed by atoms with Gasteiger partial charge < -0.3 is 15.4 Å². The molecule has 4 nitrogen and oxygen atoms in total. The fraction of sp³-hybridized carbons (Fsp3) is 0.188. The van der Waals surface area contributed by atoms with E-state index in [4.69, 9.17) is 17.3 Å². The lowest BCUT2D eigenvalue weighted by Gasteiger charge is -2.12. The summed E-state index contributed by atoms with van der Waals surface area (Å²) in [6, 6.07) is 12.5. The van der Waals surface area contributed by atoms with Crippen LogP contribution in [0.3, 0.4) is 0 Å². The molecule has 0 spiro atoms. The van der Waals surface area contributed by atoms with Gasteiger partial charge >= 0.3 is 0 Å². The lowest BCUT2D eigenvalue weighted by atomic mass is 10.1. The summed E-state index contributed by atoms with van der Waals surface area (Å²) in [6.07, 6.45) is 0.648. The van der Waals surface area contributed by atoms with Crippen molar-refractivity contribution in [2.75, 3.05) is 0 Å². The van der Waals surface area contributed by atoms with Crippen molar-refractivity contribution in [3.63, 3.8) is 0 Å². The smallest absolute Gasteiger partial charge is 0.126 e. The van der Waals surface area contributed by atoms with Crippen molar-refractivity contribution in [2.24, 2.45) is 12.8 Å². The molecule has 0 radical (unpaired) electrons. The second kappa shape index (κ2) is 5.39. The van der Waals surface area contributed by atoms with E-state index in [0.717, 1.165) is 22.4 Å². The summed E-state index contributed by atoms with van der Waals surface area (Å²) < 4.78 is 1.95. The summed E-state index contributed by atoms with van der Waals surface area (Å²) in [5.74, 6) is 1.05. The molecule has 0 aliphatic heterocycles. The number of aryl methyl sites for hydroxylation is 1. The summed E-state index contributed by atoms with van der Waals surface area (Å²) in [5.41, 5.74) is 9.09. The Morgan fingerprint density at radius 1 is 1.24 bits per heavy atom. The van der Waals surface area contributed by atoms with Gasteiger partial charge in [-0.1, -0.05) is 29.8 Å². The molecule has 1 aromatic heterocycles. The molecule has 1 heterocycles. The molecule has 5 heteroatoms. The Kier molecular flexibility index (Phi) is 3.57. The maximum atomic E-state index is 9.32. The molecule has 1 unspecified atom stereocenters. The Hall–Kier alpha value is -2.04. The average molecular weight is 302 g/mol. The number of aromatic hydroxyl groups is 1. The number of nitrogens with two attached hydrogens (primary N) is 1. The van der Waals surface area contributed by atoms with Gasteiger partial charge in [-0.2, -0.15) is 0 Å². The Labute approximate surface area is 127 Å². The first-order valence-electron chi connectivity index (χ1n) is 6.70. The second-order valence-corrected chi connectivity index (χ2v) is 5.52. The van der Waals surface area contributed by atoms with Crippen LogP contribution in [0.5, 0.6) is 5.75 Å². The third kappa shape index (κ3) is 2.60. The normalized spacial score (nSPS) is 12.7. The summed E-state index contributed by atoms with van der Waals surface area (Å²) in [6.45, 7) is 0. The first-order chi connectivity index (χ1) is 10.1. The minimum atomic E-state index is -0.233. The molecule has 0 amide bonds. The highest BCUT2D eigenvalue weighted by Gasteiger charge is 2.16. The molecule has 0 saturated carbocycles. The van der Waals surface area contributed by atoms with Gasteiger partial charge in [-0.15, -0.1) is 0 Å². The number of phenols is 1. The minimum Gasteiger partial charge on any atom is -0.508 e. The van der Waals surface area contributed by atoms with Crippen LogP contribution in [0, 0.1) is 0 Å². The van der Waals surface area contributed by atoms with Gasteiger partial charge in [0.15, 0.2) is 0 Å². The first-order valence-corrected chi connectivity index (χ1v) is 7.08. The van der Waals surface area contributed by atoms with Gasteiger partial charge in [-0.05, 0) is 36.2 Å². The maximum absolute atomic E-state index is 9.32. The molecule has 0 aliphatic rings. The average Bonchev–Trinajstić information content (AvgIpc) is 2.80. The zero-order valence-electron chi connectivity index (χ0n) is 11.6. The van der Waals surface area contributed by atoms with Crippen LogP contribution in [-0.2, 0) is 13.5 Å². The molecule has 3 N–H and O–H groups in total. The Balaban J connectivity index is 1.94. The fourth-order valence-corrected chi connectivity index (χ4v) is 2.84. The second-order valence-electron chi connectivity index (χ2n) is 5.11.